The van der Waals surface area contributed by atoms with Gasteiger partial charge in [-0.1, -0.05) is 18.5 Å². The van der Waals surface area contributed by atoms with Gasteiger partial charge in [-0.25, -0.2) is 0 Å². The van der Waals surface area contributed by atoms with Crippen LogP contribution in [0, 0.1) is 0 Å². The van der Waals surface area contributed by atoms with Crippen molar-refractivity contribution in [1.82, 2.24) is 10.1 Å². The highest BCUT2D eigenvalue weighted by Gasteiger charge is 2.42. The first kappa shape index (κ1) is 9.65. The summed E-state index contributed by atoms with van der Waals surface area (Å²) in [4.78, 5) is 4.38. The maximum Gasteiger partial charge on any atom is 0.234 e. The van der Waals surface area contributed by atoms with Crippen molar-refractivity contribution in [2.45, 2.75) is 51.0 Å². The quantitative estimate of drug-likeness (QED) is 0.774. The molecule has 1 saturated carbocycles. The number of hydrogen-bond acceptors (Lipinski definition) is 4. The van der Waals surface area contributed by atoms with Crippen LogP contribution in [0.25, 0.3) is 0 Å². The molecule has 4 nitrogen and oxygen atoms in total. The number of nitrogens with two attached hydrogens (primary N) is 1. The molecule has 0 saturated heterocycles. The molecule has 14 heavy (non-hydrogen) atoms. The molecule has 78 valence electrons. The zero-order chi connectivity index (χ0) is 10.2. The Bertz CT molecular complexity index is 323. The van der Waals surface area contributed by atoms with Crippen LogP contribution < -0.4 is 5.73 Å². The summed E-state index contributed by atoms with van der Waals surface area (Å²) in [5.41, 5.74) is 5.97. The van der Waals surface area contributed by atoms with Crippen LogP contribution >= 0.6 is 0 Å². The molecular weight excluding hydrogens is 178 g/mol. The lowest BCUT2D eigenvalue weighted by molar-refractivity contribution is 0.276. The van der Waals surface area contributed by atoms with E-state index in [1.165, 1.54) is 0 Å². The second-order valence-corrected chi connectivity index (χ2v) is 4.29. The van der Waals surface area contributed by atoms with Gasteiger partial charge in [-0.05, 0) is 19.8 Å². The number of aryl methyl sites for hydroxylation is 1. The standard InChI is InChI=1S/C10H17N3O/c1-3-8-12-9(14-13-8)10(2)6-4-5-7(10)11/h7H,3-6,11H2,1-2H3. The summed E-state index contributed by atoms with van der Waals surface area (Å²) in [5.74, 6) is 1.50. The Hall–Kier alpha value is -0.900. The van der Waals surface area contributed by atoms with E-state index >= 15 is 0 Å². The van der Waals surface area contributed by atoms with E-state index in [2.05, 4.69) is 17.1 Å². The van der Waals surface area contributed by atoms with E-state index in [0.717, 1.165) is 37.4 Å². The van der Waals surface area contributed by atoms with Gasteiger partial charge in [0.05, 0.1) is 5.41 Å². The molecule has 0 bridgehead atoms. The van der Waals surface area contributed by atoms with Gasteiger partial charge in [0, 0.05) is 12.5 Å². The third-order valence-corrected chi connectivity index (χ3v) is 3.30. The summed E-state index contributed by atoms with van der Waals surface area (Å²) in [7, 11) is 0. The molecule has 0 spiro atoms. The zero-order valence-electron chi connectivity index (χ0n) is 8.79. The minimum atomic E-state index is -0.0968. The average molecular weight is 195 g/mol. The zero-order valence-corrected chi connectivity index (χ0v) is 8.79. The molecular formula is C10H17N3O. The molecule has 0 radical (unpaired) electrons. The fraction of sp³-hybridized carbons (Fsp3) is 0.800. The molecule has 2 rings (SSSR count). The highest BCUT2D eigenvalue weighted by Crippen LogP contribution is 2.38. The monoisotopic (exact) mass is 195 g/mol. The van der Waals surface area contributed by atoms with E-state index in [-0.39, 0.29) is 11.5 Å². The Morgan fingerprint density at radius 1 is 1.64 bits per heavy atom. The molecule has 0 amide bonds. The molecule has 1 aliphatic rings. The fourth-order valence-electron chi connectivity index (χ4n) is 2.09. The van der Waals surface area contributed by atoms with Crippen LogP contribution in [-0.4, -0.2) is 16.2 Å². The molecule has 1 aromatic heterocycles. The van der Waals surface area contributed by atoms with E-state index in [4.69, 9.17) is 10.3 Å². The van der Waals surface area contributed by atoms with Crippen LogP contribution in [0.2, 0.25) is 0 Å². The maximum atomic E-state index is 6.07. The molecule has 2 atom stereocenters. The van der Waals surface area contributed by atoms with Gasteiger partial charge in [0.15, 0.2) is 5.82 Å². The molecule has 2 unspecified atom stereocenters. The van der Waals surface area contributed by atoms with Crippen LogP contribution in [0.3, 0.4) is 0 Å². The van der Waals surface area contributed by atoms with Crippen molar-refractivity contribution in [2.24, 2.45) is 5.73 Å². The topological polar surface area (TPSA) is 64.9 Å². The predicted molar refractivity (Wildman–Crippen MR) is 52.9 cm³/mol. The third-order valence-electron chi connectivity index (χ3n) is 3.30. The summed E-state index contributed by atoms with van der Waals surface area (Å²) in [6, 6.07) is 0.160. The van der Waals surface area contributed by atoms with E-state index in [1.54, 1.807) is 0 Å². The molecule has 1 heterocycles. The summed E-state index contributed by atoms with van der Waals surface area (Å²) in [5, 5.41) is 3.92. The molecule has 1 aromatic rings. The van der Waals surface area contributed by atoms with Crippen LogP contribution in [0.15, 0.2) is 4.52 Å². The second-order valence-electron chi connectivity index (χ2n) is 4.29. The lowest BCUT2D eigenvalue weighted by atomic mass is 9.85. The molecule has 4 heteroatoms. The normalized spacial score (nSPS) is 32.4. The predicted octanol–water partition coefficient (Wildman–Crippen LogP) is 1.40. The molecule has 1 aliphatic carbocycles. The Morgan fingerprint density at radius 3 is 2.93 bits per heavy atom. The van der Waals surface area contributed by atoms with Crippen LogP contribution in [0.4, 0.5) is 0 Å². The van der Waals surface area contributed by atoms with Crippen molar-refractivity contribution in [3.05, 3.63) is 11.7 Å². The summed E-state index contributed by atoms with van der Waals surface area (Å²) in [6.07, 6.45) is 4.08. The SMILES string of the molecule is CCc1noc(C2(C)CCCC2N)n1. The molecule has 1 fully saturated rings. The van der Waals surface area contributed by atoms with Crippen LogP contribution in [0.5, 0.6) is 0 Å². The van der Waals surface area contributed by atoms with Crippen molar-refractivity contribution in [3.8, 4) is 0 Å². The van der Waals surface area contributed by atoms with Crippen molar-refractivity contribution >= 4 is 0 Å². The van der Waals surface area contributed by atoms with E-state index < -0.39 is 0 Å². The van der Waals surface area contributed by atoms with Gasteiger partial charge < -0.3 is 10.3 Å². The summed E-state index contributed by atoms with van der Waals surface area (Å²) in [6.45, 7) is 4.14. The second kappa shape index (κ2) is 3.35. The van der Waals surface area contributed by atoms with Gasteiger partial charge >= 0.3 is 0 Å². The van der Waals surface area contributed by atoms with E-state index in [1.807, 2.05) is 6.92 Å². The maximum absolute atomic E-state index is 6.07. The smallest absolute Gasteiger partial charge is 0.234 e. The van der Waals surface area contributed by atoms with Gasteiger partial charge in [-0.15, -0.1) is 0 Å². The number of hydrogen-bond donors (Lipinski definition) is 1. The van der Waals surface area contributed by atoms with Crippen LogP contribution in [-0.2, 0) is 11.8 Å². The van der Waals surface area contributed by atoms with Gasteiger partial charge in [-0.2, -0.15) is 4.98 Å². The molecule has 0 aromatic carbocycles. The van der Waals surface area contributed by atoms with E-state index in [0.29, 0.717) is 0 Å². The first-order valence-electron chi connectivity index (χ1n) is 5.25. The minimum Gasteiger partial charge on any atom is -0.339 e. The van der Waals surface area contributed by atoms with Gasteiger partial charge in [-0.3, -0.25) is 0 Å². The molecule has 2 N–H and O–H groups in total. The summed E-state index contributed by atoms with van der Waals surface area (Å²) >= 11 is 0. The van der Waals surface area contributed by atoms with Crippen molar-refractivity contribution in [1.29, 1.82) is 0 Å². The first-order valence-corrected chi connectivity index (χ1v) is 5.25. The Kier molecular flexibility index (Phi) is 2.31. The lowest BCUT2D eigenvalue weighted by Crippen LogP contribution is -2.38. The van der Waals surface area contributed by atoms with Crippen molar-refractivity contribution < 1.29 is 4.52 Å². The van der Waals surface area contributed by atoms with Crippen molar-refractivity contribution in [3.63, 3.8) is 0 Å². The van der Waals surface area contributed by atoms with Crippen molar-refractivity contribution in [2.75, 3.05) is 0 Å². The van der Waals surface area contributed by atoms with E-state index in [9.17, 15) is 0 Å². The Morgan fingerprint density at radius 2 is 2.43 bits per heavy atom. The highest BCUT2D eigenvalue weighted by molar-refractivity contribution is 5.11. The highest BCUT2D eigenvalue weighted by atomic mass is 16.5. The fourth-order valence-corrected chi connectivity index (χ4v) is 2.09. The van der Waals surface area contributed by atoms with Gasteiger partial charge in [0.2, 0.25) is 5.89 Å². The summed E-state index contributed by atoms with van der Waals surface area (Å²) < 4.78 is 5.27. The molecule has 0 aliphatic heterocycles. The van der Waals surface area contributed by atoms with Crippen LogP contribution in [0.1, 0.15) is 44.8 Å². The van der Waals surface area contributed by atoms with Gasteiger partial charge in [0.1, 0.15) is 0 Å². The Labute approximate surface area is 83.9 Å². The third kappa shape index (κ3) is 1.34. The first-order chi connectivity index (χ1) is 6.66. The Balaban J connectivity index is 2.28. The minimum absolute atomic E-state index is 0.0968. The lowest BCUT2D eigenvalue weighted by Gasteiger charge is -2.23. The number of nitrogens with zero attached hydrogens (tertiary/aromatic N) is 2. The average Bonchev–Trinajstić information content (AvgIpc) is 2.75. The number of aromatic nitrogens is 2. The van der Waals surface area contributed by atoms with Gasteiger partial charge in [0.25, 0.3) is 0 Å². The number of rotatable bonds is 2. The largest absolute Gasteiger partial charge is 0.339 e.